The van der Waals surface area contributed by atoms with Crippen molar-refractivity contribution in [3.63, 3.8) is 0 Å². The third-order valence-electron chi connectivity index (χ3n) is 2.57. The molecule has 100 valence electrons. The molecule has 0 aliphatic carbocycles. The topological polar surface area (TPSA) is 78.0 Å². The predicted octanol–water partition coefficient (Wildman–Crippen LogP) is 0.275. The fourth-order valence-electron chi connectivity index (χ4n) is 1.71. The number of anilines is 1. The van der Waals surface area contributed by atoms with Crippen LogP contribution in [0.25, 0.3) is 5.69 Å². The van der Waals surface area contributed by atoms with E-state index < -0.39 is 5.97 Å². The first-order valence-corrected chi connectivity index (χ1v) is 5.97. The van der Waals surface area contributed by atoms with Crippen molar-refractivity contribution in [2.75, 3.05) is 18.5 Å². The number of carboxylic acid groups (broad SMARTS) is 1. The van der Waals surface area contributed by atoms with Gasteiger partial charge in [-0.3, -0.25) is 4.79 Å². The van der Waals surface area contributed by atoms with Gasteiger partial charge in [-0.05, 0) is 29.4 Å². The Bertz CT molecular complexity index is 663. The average Bonchev–Trinajstić information content (AvgIpc) is 2.68. The van der Waals surface area contributed by atoms with Crippen LogP contribution in [0.4, 0.5) is 5.69 Å². The van der Waals surface area contributed by atoms with Crippen molar-refractivity contribution >= 4 is 23.9 Å². The number of benzene rings is 1. The summed E-state index contributed by atoms with van der Waals surface area (Å²) in [5, 5.41) is 15.8. The Hall–Kier alpha value is -2.22. The number of carboxylic acids is 1. The van der Waals surface area contributed by atoms with Crippen molar-refractivity contribution in [3.8, 4) is 5.69 Å². The lowest BCUT2D eigenvalue weighted by atomic mass is 10.2. The van der Waals surface area contributed by atoms with E-state index in [4.69, 9.17) is 17.3 Å². The summed E-state index contributed by atoms with van der Waals surface area (Å²) in [7, 11) is 3.46. The highest BCUT2D eigenvalue weighted by Crippen LogP contribution is 2.16. The molecule has 0 fully saturated rings. The summed E-state index contributed by atoms with van der Waals surface area (Å²) in [5.41, 5.74) is 1.59. The number of H-pyrrole nitrogens is 1. The smallest absolute Gasteiger partial charge is 0.352 e. The van der Waals surface area contributed by atoms with Gasteiger partial charge in [-0.25, -0.2) is 0 Å². The Morgan fingerprint density at radius 2 is 2.37 bits per heavy atom. The molecule has 0 unspecified atom stereocenters. The molecule has 2 N–H and O–H groups in total. The maximum absolute atomic E-state index is 10.7. The third kappa shape index (κ3) is 2.97. The van der Waals surface area contributed by atoms with E-state index in [1.54, 1.807) is 23.7 Å². The van der Waals surface area contributed by atoms with Gasteiger partial charge in [-0.1, -0.05) is 20.8 Å². The number of aromatic nitrogens is 4. The molecule has 0 radical (unpaired) electrons. The number of nitrogens with one attached hydrogen (secondary N) is 1. The number of aryl methyl sites for hydroxylation is 1. The van der Waals surface area contributed by atoms with Crippen LogP contribution in [0, 0.1) is 4.77 Å². The molecule has 1 aromatic carbocycles. The summed E-state index contributed by atoms with van der Waals surface area (Å²) in [4.78, 5) is 13.9. The second-order valence-corrected chi connectivity index (χ2v) is 4.48. The number of aliphatic carboxylic acids is 1. The van der Waals surface area contributed by atoms with Crippen molar-refractivity contribution in [3.05, 3.63) is 29.0 Å². The second kappa shape index (κ2) is 5.19. The first kappa shape index (κ1) is 13.2. The maximum Gasteiger partial charge on any atom is 0.352 e. The van der Waals surface area contributed by atoms with Gasteiger partial charge in [-0.15, -0.1) is 0 Å². The Balaban J connectivity index is 2.37. The first-order valence-electron chi connectivity index (χ1n) is 5.56. The van der Waals surface area contributed by atoms with Gasteiger partial charge in [0.15, 0.2) is 5.69 Å². The molecule has 7 nitrogen and oxygen atoms in total. The van der Waals surface area contributed by atoms with Crippen LogP contribution < -0.4 is 9.70 Å². The van der Waals surface area contributed by atoms with E-state index in [1.165, 1.54) is 4.80 Å². The maximum atomic E-state index is 10.7. The first-order chi connectivity index (χ1) is 8.97. The number of hydrogen-bond donors (Lipinski definition) is 2. The molecule has 0 aliphatic rings. The van der Waals surface area contributed by atoms with Crippen LogP contribution in [-0.4, -0.2) is 39.7 Å². The molecule has 0 atom stereocenters. The molecule has 0 bridgehead atoms. The fraction of sp³-hybridized carbons (Fsp3) is 0.273. The molecule has 2 rings (SSSR count). The van der Waals surface area contributed by atoms with Crippen LogP contribution in [0.15, 0.2) is 24.3 Å². The number of carbonyl (C=O) groups is 1. The molecule has 8 heteroatoms. The molecule has 1 aromatic heterocycles. The molecule has 0 saturated heterocycles. The van der Waals surface area contributed by atoms with E-state index in [0.717, 1.165) is 11.4 Å². The van der Waals surface area contributed by atoms with Crippen LogP contribution in [0.1, 0.15) is 0 Å². The van der Waals surface area contributed by atoms with Crippen molar-refractivity contribution in [2.45, 2.75) is 0 Å². The summed E-state index contributed by atoms with van der Waals surface area (Å²) in [5.74, 6) is -0.877. The standard InChI is InChI=1S/C11H13N5O2S/c1-14(7-10(17)18)8-4-3-5-9(6-8)16-11(19)12-15(2)13-16/h3-6H,7H2,1-2H3,(H-,12,13,17,18,19)/p+1. The van der Waals surface area contributed by atoms with Gasteiger partial charge in [0.2, 0.25) is 0 Å². The Morgan fingerprint density at radius 1 is 1.63 bits per heavy atom. The van der Waals surface area contributed by atoms with Gasteiger partial charge >= 0.3 is 10.7 Å². The van der Waals surface area contributed by atoms with Gasteiger partial charge in [-0.2, -0.15) is 0 Å². The summed E-state index contributed by atoms with van der Waals surface area (Å²) in [6, 6.07) is 7.39. The van der Waals surface area contributed by atoms with E-state index in [1.807, 2.05) is 24.3 Å². The van der Waals surface area contributed by atoms with E-state index in [0.29, 0.717) is 4.77 Å². The highest BCUT2D eigenvalue weighted by Gasteiger charge is 2.12. The third-order valence-corrected chi connectivity index (χ3v) is 2.84. The molecular formula is C11H14N5O2S+. The predicted molar refractivity (Wildman–Crippen MR) is 70.8 cm³/mol. The summed E-state index contributed by atoms with van der Waals surface area (Å²) in [6.45, 7) is -0.0639. The number of tetrazole rings is 1. The largest absolute Gasteiger partial charge is 0.480 e. The summed E-state index contributed by atoms with van der Waals surface area (Å²) < 4.78 is 2.05. The molecule has 0 saturated carbocycles. The Morgan fingerprint density at radius 3 is 2.95 bits per heavy atom. The summed E-state index contributed by atoms with van der Waals surface area (Å²) in [6.07, 6.45) is 0. The van der Waals surface area contributed by atoms with Gasteiger partial charge in [0, 0.05) is 18.8 Å². The number of rotatable bonds is 4. The molecular weight excluding hydrogens is 266 g/mol. The molecule has 0 amide bonds. The van der Waals surface area contributed by atoms with Crippen molar-refractivity contribution in [2.24, 2.45) is 7.05 Å². The number of aromatic amines is 1. The molecule has 19 heavy (non-hydrogen) atoms. The Labute approximate surface area is 114 Å². The van der Waals surface area contributed by atoms with Crippen molar-refractivity contribution in [1.82, 2.24) is 15.0 Å². The molecule has 2 aromatic rings. The number of hydrogen-bond acceptors (Lipinski definition) is 4. The lowest BCUT2D eigenvalue weighted by Gasteiger charge is -2.16. The van der Waals surface area contributed by atoms with Gasteiger partial charge in [0.1, 0.15) is 13.6 Å². The molecule has 0 spiro atoms. The zero-order valence-electron chi connectivity index (χ0n) is 10.6. The van der Waals surface area contributed by atoms with Gasteiger partial charge in [0.25, 0.3) is 0 Å². The summed E-state index contributed by atoms with van der Waals surface area (Å²) >= 11 is 5.13. The fourth-order valence-corrected chi connectivity index (χ4v) is 1.98. The highest BCUT2D eigenvalue weighted by atomic mass is 32.1. The number of likely N-dealkylation sites (N-methyl/N-ethyl adjacent to an activating group) is 1. The number of nitrogens with zero attached hydrogens (tertiary/aromatic N) is 4. The zero-order chi connectivity index (χ0) is 14.0. The monoisotopic (exact) mass is 280 g/mol. The average molecular weight is 280 g/mol. The zero-order valence-corrected chi connectivity index (χ0v) is 11.4. The normalized spacial score (nSPS) is 10.4. The van der Waals surface area contributed by atoms with Crippen LogP contribution >= 0.6 is 12.2 Å². The van der Waals surface area contributed by atoms with Gasteiger partial charge < -0.3 is 10.0 Å². The highest BCUT2D eigenvalue weighted by molar-refractivity contribution is 7.71. The van der Waals surface area contributed by atoms with Crippen LogP contribution in [0.5, 0.6) is 0 Å². The SMILES string of the molecule is CN(CC(=O)O)c1cccc(-n2[nH][n+](C)nc2=S)c1. The minimum absolute atomic E-state index is 0.0639. The van der Waals surface area contributed by atoms with E-state index >= 15 is 0 Å². The van der Waals surface area contributed by atoms with Crippen LogP contribution in [0.2, 0.25) is 0 Å². The minimum atomic E-state index is -0.877. The van der Waals surface area contributed by atoms with E-state index in [2.05, 4.69) is 10.3 Å². The minimum Gasteiger partial charge on any atom is -0.480 e. The lowest BCUT2D eigenvalue weighted by molar-refractivity contribution is -0.785. The molecule has 0 aliphatic heterocycles. The van der Waals surface area contributed by atoms with Crippen molar-refractivity contribution in [1.29, 1.82) is 0 Å². The van der Waals surface area contributed by atoms with Crippen LogP contribution in [0.3, 0.4) is 0 Å². The van der Waals surface area contributed by atoms with E-state index in [-0.39, 0.29) is 6.54 Å². The lowest BCUT2D eigenvalue weighted by Crippen LogP contribution is -2.34. The van der Waals surface area contributed by atoms with Crippen molar-refractivity contribution < 1.29 is 14.7 Å². The van der Waals surface area contributed by atoms with Gasteiger partial charge in [0.05, 0.1) is 0 Å². The quantitative estimate of drug-likeness (QED) is 0.621. The van der Waals surface area contributed by atoms with E-state index in [9.17, 15) is 4.79 Å². The molecule has 1 heterocycles. The van der Waals surface area contributed by atoms with Crippen LogP contribution in [-0.2, 0) is 11.8 Å². The Kier molecular flexibility index (Phi) is 3.61. The second-order valence-electron chi connectivity index (χ2n) is 4.11.